The Kier molecular flexibility index (Phi) is 9.02. The van der Waals surface area contributed by atoms with Gasteiger partial charge in [0.15, 0.2) is 5.78 Å². The summed E-state index contributed by atoms with van der Waals surface area (Å²) in [6.45, 7) is 10.2. The van der Waals surface area contributed by atoms with Crippen LogP contribution in [0.5, 0.6) is 0 Å². The quantitative estimate of drug-likeness (QED) is 0.495. The fourth-order valence-corrected chi connectivity index (χ4v) is 6.56. The molecule has 0 saturated carbocycles. The maximum absolute atomic E-state index is 13.0. The first kappa shape index (κ1) is 25.1. The van der Waals surface area contributed by atoms with E-state index in [4.69, 9.17) is 0 Å². The summed E-state index contributed by atoms with van der Waals surface area (Å²) >= 11 is 1.73. The van der Waals surface area contributed by atoms with Crippen molar-refractivity contribution in [3.63, 3.8) is 0 Å². The fraction of sp³-hybridized carbons (Fsp3) is 0.542. The van der Waals surface area contributed by atoms with Crippen LogP contribution in [0, 0.1) is 5.92 Å². The third kappa shape index (κ3) is 6.05. The van der Waals surface area contributed by atoms with Gasteiger partial charge in [-0.2, -0.15) is 4.31 Å². The number of ketones is 1. The molecule has 1 saturated heterocycles. The summed E-state index contributed by atoms with van der Waals surface area (Å²) < 4.78 is 27.6. The van der Waals surface area contributed by atoms with Gasteiger partial charge < -0.3 is 5.32 Å². The van der Waals surface area contributed by atoms with Gasteiger partial charge in [0.25, 0.3) is 0 Å². The number of hydrogen-bond acceptors (Lipinski definition) is 6. The van der Waals surface area contributed by atoms with E-state index < -0.39 is 10.0 Å². The lowest BCUT2D eigenvalue weighted by Crippen LogP contribution is -2.38. The molecular formula is C24H35N3O3S2. The largest absolute Gasteiger partial charge is 0.308 e. The van der Waals surface area contributed by atoms with E-state index in [2.05, 4.69) is 48.5 Å². The van der Waals surface area contributed by atoms with E-state index in [1.54, 1.807) is 33.8 Å². The molecule has 1 unspecified atom stereocenters. The van der Waals surface area contributed by atoms with E-state index in [-0.39, 0.29) is 23.3 Å². The summed E-state index contributed by atoms with van der Waals surface area (Å²) in [5, 5.41) is 5.38. The average Bonchev–Trinajstić information content (AvgIpc) is 3.33. The molecule has 1 aliphatic heterocycles. The predicted octanol–water partition coefficient (Wildman–Crippen LogP) is 4.02. The number of likely N-dealkylation sites (N-methyl/N-ethyl adjacent to an activating group) is 1. The number of hydrogen-bond donors (Lipinski definition) is 1. The van der Waals surface area contributed by atoms with Gasteiger partial charge in [-0.15, -0.1) is 11.3 Å². The van der Waals surface area contributed by atoms with Gasteiger partial charge in [0.2, 0.25) is 10.0 Å². The molecule has 0 spiro atoms. The van der Waals surface area contributed by atoms with E-state index >= 15 is 0 Å². The minimum Gasteiger partial charge on any atom is -0.308 e. The van der Waals surface area contributed by atoms with Crippen LogP contribution >= 0.6 is 11.3 Å². The minimum atomic E-state index is -3.57. The second kappa shape index (κ2) is 11.5. The van der Waals surface area contributed by atoms with Crippen molar-refractivity contribution in [1.82, 2.24) is 14.5 Å². The number of sulfonamides is 1. The second-order valence-corrected chi connectivity index (χ2v) is 11.3. The van der Waals surface area contributed by atoms with Crippen LogP contribution in [-0.2, 0) is 10.0 Å². The maximum Gasteiger partial charge on any atom is 0.243 e. The third-order valence-corrected chi connectivity index (χ3v) is 9.15. The van der Waals surface area contributed by atoms with Gasteiger partial charge in [-0.25, -0.2) is 8.42 Å². The van der Waals surface area contributed by atoms with Crippen LogP contribution in [0.15, 0.2) is 46.7 Å². The number of Topliss-reactive ketones (excluding diaryl/α,β-unsaturated/α-hetero) is 1. The lowest BCUT2D eigenvalue weighted by atomic mass is 10.0. The van der Waals surface area contributed by atoms with Crippen molar-refractivity contribution in [2.24, 2.45) is 5.92 Å². The van der Waals surface area contributed by atoms with Crippen LogP contribution in [0.3, 0.4) is 0 Å². The molecule has 1 aliphatic rings. The van der Waals surface area contributed by atoms with E-state index in [9.17, 15) is 13.2 Å². The minimum absolute atomic E-state index is 0.0983. The zero-order chi connectivity index (χ0) is 23.1. The first-order chi connectivity index (χ1) is 15.4. The number of carbonyl (C=O) groups excluding carboxylic acids is 1. The van der Waals surface area contributed by atoms with Gasteiger partial charge in [-0.3, -0.25) is 9.69 Å². The summed E-state index contributed by atoms with van der Waals surface area (Å²) in [4.78, 5) is 16.7. The van der Waals surface area contributed by atoms with Crippen molar-refractivity contribution < 1.29 is 13.2 Å². The number of thiophene rings is 1. The Morgan fingerprint density at radius 2 is 1.91 bits per heavy atom. The Hall–Kier alpha value is -1.58. The number of carbonyl (C=O) groups is 1. The Bertz CT molecular complexity index is 964. The van der Waals surface area contributed by atoms with Gasteiger partial charge in [0, 0.05) is 30.1 Å². The molecule has 8 heteroatoms. The highest BCUT2D eigenvalue weighted by molar-refractivity contribution is 7.89. The zero-order valence-electron chi connectivity index (χ0n) is 19.3. The van der Waals surface area contributed by atoms with Crippen molar-refractivity contribution in [2.45, 2.75) is 44.6 Å². The van der Waals surface area contributed by atoms with E-state index in [0.29, 0.717) is 31.1 Å². The smallest absolute Gasteiger partial charge is 0.243 e. The normalized spacial score (nSPS) is 17.0. The molecule has 1 atom stereocenters. The van der Waals surface area contributed by atoms with Crippen molar-refractivity contribution >= 4 is 27.1 Å². The first-order valence-electron chi connectivity index (χ1n) is 11.5. The van der Waals surface area contributed by atoms with Crippen molar-refractivity contribution in [3.05, 3.63) is 52.2 Å². The predicted molar refractivity (Wildman–Crippen MR) is 131 cm³/mol. The van der Waals surface area contributed by atoms with E-state index in [1.807, 2.05) is 0 Å². The second-order valence-electron chi connectivity index (χ2n) is 8.42. The van der Waals surface area contributed by atoms with Crippen LogP contribution in [0.1, 0.15) is 54.9 Å². The van der Waals surface area contributed by atoms with Gasteiger partial charge in [0.05, 0.1) is 17.5 Å². The molecule has 32 heavy (non-hydrogen) atoms. The summed E-state index contributed by atoms with van der Waals surface area (Å²) in [5.41, 5.74) is 0.430. The zero-order valence-corrected chi connectivity index (χ0v) is 20.9. The van der Waals surface area contributed by atoms with Crippen molar-refractivity contribution in [3.8, 4) is 0 Å². The number of rotatable bonds is 11. The van der Waals surface area contributed by atoms with Crippen LogP contribution < -0.4 is 5.32 Å². The Labute approximate surface area is 196 Å². The molecule has 176 valence electrons. The molecule has 1 N–H and O–H groups in total. The van der Waals surface area contributed by atoms with E-state index in [0.717, 1.165) is 25.9 Å². The SMILES string of the molecule is CCN(CC)C(CNCC(=O)c1cccc(S(=O)(=O)N2CCC(C)CC2)c1)c1cccs1. The Morgan fingerprint density at radius 3 is 2.53 bits per heavy atom. The third-order valence-electron chi connectivity index (χ3n) is 6.28. The highest BCUT2D eigenvalue weighted by Crippen LogP contribution is 2.25. The summed E-state index contributed by atoms with van der Waals surface area (Å²) in [7, 11) is -3.57. The molecule has 2 heterocycles. The first-order valence-corrected chi connectivity index (χ1v) is 13.8. The summed E-state index contributed by atoms with van der Waals surface area (Å²) in [6, 6.07) is 10.9. The molecule has 0 radical (unpaired) electrons. The van der Waals surface area contributed by atoms with Crippen LogP contribution in [0.25, 0.3) is 0 Å². The number of nitrogens with one attached hydrogen (secondary N) is 1. The fourth-order valence-electron chi connectivity index (χ4n) is 4.18. The maximum atomic E-state index is 13.0. The average molecular weight is 478 g/mol. The molecule has 1 aromatic carbocycles. The summed E-state index contributed by atoms with van der Waals surface area (Å²) in [5.74, 6) is 0.452. The molecular weight excluding hydrogens is 442 g/mol. The van der Waals surface area contributed by atoms with Gasteiger partial charge >= 0.3 is 0 Å². The molecule has 6 nitrogen and oxygen atoms in total. The number of nitrogens with zero attached hydrogens (tertiary/aromatic N) is 2. The molecule has 1 aromatic heterocycles. The molecule has 2 aromatic rings. The highest BCUT2D eigenvalue weighted by Gasteiger charge is 2.28. The molecule has 3 rings (SSSR count). The van der Waals surface area contributed by atoms with Gasteiger partial charge in [-0.05, 0) is 55.4 Å². The summed E-state index contributed by atoms with van der Waals surface area (Å²) in [6.07, 6.45) is 1.75. The monoisotopic (exact) mass is 477 g/mol. The van der Waals surface area contributed by atoms with E-state index in [1.165, 1.54) is 10.9 Å². The van der Waals surface area contributed by atoms with Crippen molar-refractivity contribution in [1.29, 1.82) is 0 Å². The molecule has 0 bridgehead atoms. The Balaban J connectivity index is 1.64. The van der Waals surface area contributed by atoms with Crippen LogP contribution in [0.4, 0.5) is 0 Å². The standard InChI is InChI=1S/C24H35N3O3S2/c1-4-26(5-2)22(24-10-7-15-31-24)17-25-18-23(28)20-8-6-9-21(16-20)32(29,30)27-13-11-19(3)12-14-27/h6-10,15-16,19,22,25H,4-5,11-14,17-18H2,1-3H3. The van der Waals surface area contributed by atoms with Gasteiger partial charge in [-0.1, -0.05) is 39.0 Å². The van der Waals surface area contributed by atoms with Crippen molar-refractivity contribution in [2.75, 3.05) is 39.3 Å². The molecule has 0 aliphatic carbocycles. The Morgan fingerprint density at radius 1 is 1.19 bits per heavy atom. The number of piperidine rings is 1. The molecule has 0 amide bonds. The molecule has 1 fully saturated rings. The lowest BCUT2D eigenvalue weighted by Gasteiger charge is -2.29. The van der Waals surface area contributed by atoms with Gasteiger partial charge in [0.1, 0.15) is 0 Å². The highest BCUT2D eigenvalue weighted by atomic mass is 32.2. The lowest BCUT2D eigenvalue weighted by molar-refractivity contribution is 0.0987. The number of benzene rings is 1. The topological polar surface area (TPSA) is 69.7 Å². The van der Waals surface area contributed by atoms with Crippen LogP contribution in [-0.4, -0.2) is 62.7 Å². The van der Waals surface area contributed by atoms with Crippen LogP contribution in [0.2, 0.25) is 0 Å².